The van der Waals surface area contributed by atoms with Crippen molar-refractivity contribution in [1.29, 1.82) is 0 Å². The predicted octanol–water partition coefficient (Wildman–Crippen LogP) is 1.55. The van der Waals surface area contributed by atoms with Gasteiger partial charge in [0.2, 0.25) is 0 Å². The van der Waals surface area contributed by atoms with Gasteiger partial charge in [-0.3, -0.25) is 4.90 Å². The van der Waals surface area contributed by atoms with Gasteiger partial charge in [-0.05, 0) is 32.7 Å². The standard InChI is InChI=1S/C13H25N3O2/c1-16(10-12(14)15-17)11-5-8-18-13(9-11)6-3-2-4-7-13/h11,17H,2-10H2,1H3,(H2,14,15). The van der Waals surface area contributed by atoms with Crippen molar-refractivity contribution in [2.45, 2.75) is 56.6 Å². The number of nitrogens with two attached hydrogens (primary N) is 1. The highest BCUT2D eigenvalue weighted by molar-refractivity contribution is 5.81. The summed E-state index contributed by atoms with van der Waals surface area (Å²) in [5, 5.41) is 11.7. The molecule has 0 aromatic rings. The van der Waals surface area contributed by atoms with Gasteiger partial charge in [0.05, 0.1) is 12.1 Å². The van der Waals surface area contributed by atoms with Crippen LogP contribution in [0.3, 0.4) is 0 Å². The van der Waals surface area contributed by atoms with Crippen LogP contribution in [0.5, 0.6) is 0 Å². The first kappa shape index (κ1) is 13.6. The summed E-state index contributed by atoms with van der Waals surface area (Å²) in [4.78, 5) is 2.19. The molecule has 1 saturated carbocycles. The Labute approximate surface area is 109 Å². The van der Waals surface area contributed by atoms with E-state index in [0.717, 1.165) is 19.4 Å². The molecule has 1 atom stereocenters. The number of oxime groups is 1. The molecule has 0 radical (unpaired) electrons. The van der Waals surface area contributed by atoms with Gasteiger partial charge in [-0.2, -0.15) is 0 Å². The molecule has 1 aliphatic carbocycles. The summed E-state index contributed by atoms with van der Waals surface area (Å²) < 4.78 is 6.08. The van der Waals surface area contributed by atoms with Crippen molar-refractivity contribution < 1.29 is 9.94 Å². The number of likely N-dealkylation sites (N-methyl/N-ethyl adjacent to an activating group) is 1. The van der Waals surface area contributed by atoms with Crippen LogP contribution >= 0.6 is 0 Å². The van der Waals surface area contributed by atoms with E-state index in [1.807, 2.05) is 7.05 Å². The molecule has 1 spiro atoms. The van der Waals surface area contributed by atoms with E-state index >= 15 is 0 Å². The summed E-state index contributed by atoms with van der Waals surface area (Å²) in [6.07, 6.45) is 8.43. The molecule has 3 N–H and O–H groups in total. The SMILES string of the molecule is CN(CC(N)=NO)C1CCOC2(CCCCC2)C1. The lowest BCUT2D eigenvalue weighted by atomic mass is 9.78. The lowest BCUT2D eigenvalue weighted by molar-refractivity contribution is -0.120. The summed E-state index contributed by atoms with van der Waals surface area (Å²) in [5.74, 6) is 0.279. The van der Waals surface area contributed by atoms with Crippen molar-refractivity contribution in [3.63, 3.8) is 0 Å². The fraction of sp³-hybridized carbons (Fsp3) is 0.923. The summed E-state index contributed by atoms with van der Waals surface area (Å²) in [6, 6.07) is 0.483. The molecule has 2 fully saturated rings. The third kappa shape index (κ3) is 3.14. The third-order valence-electron chi connectivity index (χ3n) is 4.39. The van der Waals surface area contributed by atoms with Crippen LogP contribution < -0.4 is 5.73 Å². The topological polar surface area (TPSA) is 71.1 Å². The predicted molar refractivity (Wildman–Crippen MR) is 70.8 cm³/mol. The van der Waals surface area contributed by atoms with Gasteiger partial charge in [-0.1, -0.05) is 24.4 Å². The van der Waals surface area contributed by atoms with Crippen molar-refractivity contribution in [3.05, 3.63) is 0 Å². The molecule has 104 valence electrons. The summed E-state index contributed by atoms with van der Waals surface area (Å²) >= 11 is 0. The molecule has 0 bridgehead atoms. The number of rotatable bonds is 3. The maximum absolute atomic E-state index is 8.64. The first-order valence-electron chi connectivity index (χ1n) is 6.96. The van der Waals surface area contributed by atoms with Crippen LogP contribution in [-0.4, -0.2) is 47.8 Å². The first-order chi connectivity index (χ1) is 8.65. The molecule has 0 aromatic heterocycles. The van der Waals surface area contributed by atoms with Gasteiger partial charge >= 0.3 is 0 Å². The van der Waals surface area contributed by atoms with E-state index in [-0.39, 0.29) is 11.4 Å². The molecule has 2 rings (SSSR count). The minimum Gasteiger partial charge on any atom is -0.409 e. The van der Waals surface area contributed by atoms with Gasteiger partial charge in [-0.25, -0.2) is 0 Å². The van der Waals surface area contributed by atoms with Crippen molar-refractivity contribution in [1.82, 2.24) is 4.90 Å². The van der Waals surface area contributed by atoms with E-state index in [1.165, 1.54) is 32.1 Å². The van der Waals surface area contributed by atoms with Crippen LogP contribution in [0, 0.1) is 0 Å². The first-order valence-corrected chi connectivity index (χ1v) is 6.96. The second-order valence-electron chi connectivity index (χ2n) is 5.75. The molecule has 0 aromatic carbocycles. The number of ether oxygens (including phenoxy) is 1. The second kappa shape index (κ2) is 5.89. The maximum atomic E-state index is 8.64. The fourth-order valence-corrected chi connectivity index (χ4v) is 3.34. The Hall–Kier alpha value is -0.810. The Morgan fingerprint density at radius 3 is 2.83 bits per heavy atom. The Balaban J connectivity index is 1.93. The fourth-order valence-electron chi connectivity index (χ4n) is 3.34. The van der Waals surface area contributed by atoms with Gasteiger partial charge in [0.1, 0.15) is 0 Å². The molecule has 1 unspecified atom stereocenters. The number of hydrogen-bond acceptors (Lipinski definition) is 4. The van der Waals surface area contributed by atoms with Crippen molar-refractivity contribution >= 4 is 5.84 Å². The Morgan fingerprint density at radius 2 is 2.17 bits per heavy atom. The van der Waals surface area contributed by atoms with Gasteiger partial charge in [0.15, 0.2) is 5.84 Å². The average molecular weight is 255 g/mol. The zero-order valence-corrected chi connectivity index (χ0v) is 11.3. The van der Waals surface area contributed by atoms with E-state index in [1.54, 1.807) is 0 Å². The van der Waals surface area contributed by atoms with Crippen molar-refractivity contribution in [2.24, 2.45) is 10.9 Å². The summed E-state index contributed by atoms with van der Waals surface area (Å²) in [7, 11) is 2.05. The molecular formula is C13H25N3O2. The Morgan fingerprint density at radius 1 is 1.44 bits per heavy atom. The number of nitrogens with zero attached hydrogens (tertiary/aromatic N) is 2. The van der Waals surface area contributed by atoms with Crippen LogP contribution in [0.2, 0.25) is 0 Å². The van der Waals surface area contributed by atoms with E-state index in [2.05, 4.69) is 10.1 Å². The van der Waals surface area contributed by atoms with E-state index in [9.17, 15) is 0 Å². The van der Waals surface area contributed by atoms with Crippen molar-refractivity contribution in [2.75, 3.05) is 20.2 Å². The minimum absolute atomic E-state index is 0.112. The molecule has 1 aliphatic heterocycles. The highest BCUT2D eigenvalue weighted by Gasteiger charge is 2.39. The van der Waals surface area contributed by atoms with Crippen LogP contribution in [-0.2, 0) is 4.74 Å². The normalized spacial score (nSPS) is 28.8. The largest absolute Gasteiger partial charge is 0.409 e. The van der Waals surface area contributed by atoms with E-state index < -0.39 is 0 Å². The van der Waals surface area contributed by atoms with E-state index in [4.69, 9.17) is 15.7 Å². The highest BCUT2D eigenvalue weighted by Crippen LogP contribution is 2.39. The maximum Gasteiger partial charge on any atom is 0.153 e. The Kier molecular flexibility index (Phi) is 4.45. The highest BCUT2D eigenvalue weighted by atomic mass is 16.5. The lowest BCUT2D eigenvalue weighted by Gasteiger charge is -2.45. The van der Waals surface area contributed by atoms with Crippen LogP contribution in [0.25, 0.3) is 0 Å². The lowest BCUT2D eigenvalue weighted by Crippen LogP contribution is -2.50. The van der Waals surface area contributed by atoms with Crippen LogP contribution in [0.4, 0.5) is 0 Å². The summed E-state index contributed by atoms with van der Waals surface area (Å²) in [6.45, 7) is 1.36. The van der Waals surface area contributed by atoms with Gasteiger partial charge < -0.3 is 15.7 Å². The Bertz CT molecular complexity index is 295. The van der Waals surface area contributed by atoms with Crippen LogP contribution in [0.15, 0.2) is 5.16 Å². The van der Waals surface area contributed by atoms with Gasteiger partial charge in [-0.15, -0.1) is 0 Å². The van der Waals surface area contributed by atoms with E-state index in [0.29, 0.717) is 12.6 Å². The third-order valence-corrected chi connectivity index (χ3v) is 4.39. The molecule has 1 saturated heterocycles. The molecule has 0 amide bonds. The zero-order chi connectivity index (χ0) is 13.0. The number of amidine groups is 1. The quantitative estimate of drug-likeness (QED) is 0.347. The van der Waals surface area contributed by atoms with Gasteiger partial charge in [0, 0.05) is 12.6 Å². The number of hydrogen-bond donors (Lipinski definition) is 2. The molecule has 1 heterocycles. The second-order valence-corrected chi connectivity index (χ2v) is 5.75. The van der Waals surface area contributed by atoms with Crippen LogP contribution in [0.1, 0.15) is 44.9 Å². The molecule has 5 heteroatoms. The molecular weight excluding hydrogens is 230 g/mol. The zero-order valence-electron chi connectivity index (χ0n) is 11.3. The minimum atomic E-state index is 0.112. The van der Waals surface area contributed by atoms with Crippen molar-refractivity contribution in [3.8, 4) is 0 Å². The molecule has 5 nitrogen and oxygen atoms in total. The monoisotopic (exact) mass is 255 g/mol. The smallest absolute Gasteiger partial charge is 0.153 e. The van der Waals surface area contributed by atoms with Gasteiger partial charge in [0.25, 0.3) is 0 Å². The average Bonchev–Trinajstić information content (AvgIpc) is 2.39. The molecule has 2 aliphatic rings. The summed E-state index contributed by atoms with van der Waals surface area (Å²) in [5.41, 5.74) is 5.69. The molecule has 18 heavy (non-hydrogen) atoms.